The summed E-state index contributed by atoms with van der Waals surface area (Å²) in [5.74, 6) is 0.997. The van der Waals surface area contributed by atoms with E-state index in [0.29, 0.717) is 11.7 Å². The third kappa shape index (κ3) is 4.05. The van der Waals surface area contributed by atoms with Gasteiger partial charge in [0, 0.05) is 5.56 Å². The molecule has 0 fully saturated rings. The zero-order valence-electron chi connectivity index (χ0n) is 12.6. The average Bonchev–Trinajstić information content (AvgIpc) is 2.48. The molecule has 2 aromatic carbocycles. The number of methoxy groups -OCH3 is 1. The maximum atomic E-state index is 13.4. The summed E-state index contributed by atoms with van der Waals surface area (Å²) >= 11 is 0. The minimum absolute atomic E-state index is 0.258. The Morgan fingerprint density at radius 1 is 1.14 bits per heavy atom. The fourth-order valence-electron chi connectivity index (χ4n) is 2.52. The fraction of sp³-hybridized carbons (Fsp3) is 0.333. The summed E-state index contributed by atoms with van der Waals surface area (Å²) in [5, 5.41) is 0. The van der Waals surface area contributed by atoms with Gasteiger partial charge in [0.25, 0.3) is 0 Å². The number of hydrogen-bond acceptors (Lipinski definition) is 2. The van der Waals surface area contributed by atoms with Crippen LogP contribution in [0.1, 0.15) is 18.9 Å². The second-order valence-electron chi connectivity index (χ2n) is 5.43. The average molecular weight is 287 g/mol. The van der Waals surface area contributed by atoms with Crippen LogP contribution in [0.5, 0.6) is 5.75 Å². The second kappa shape index (κ2) is 7.23. The van der Waals surface area contributed by atoms with Gasteiger partial charge < -0.3 is 10.5 Å². The molecule has 0 radical (unpaired) electrons. The van der Waals surface area contributed by atoms with Crippen LogP contribution in [0.3, 0.4) is 0 Å². The van der Waals surface area contributed by atoms with Crippen molar-refractivity contribution < 1.29 is 9.13 Å². The maximum absolute atomic E-state index is 13.4. The predicted molar refractivity (Wildman–Crippen MR) is 84.9 cm³/mol. The van der Waals surface area contributed by atoms with Gasteiger partial charge in [0.2, 0.25) is 0 Å². The summed E-state index contributed by atoms with van der Waals surface area (Å²) < 4.78 is 18.7. The van der Waals surface area contributed by atoms with Crippen LogP contribution in [0.15, 0.2) is 42.5 Å². The van der Waals surface area contributed by atoms with E-state index in [1.165, 1.54) is 17.7 Å². The Morgan fingerprint density at radius 3 is 2.48 bits per heavy atom. The van der Waals surface area contributed by atoms with E-state index < -0.39 is 0 Å². The van der Waals surface area contributed by atoms with Crippen molar-refractivity contribution in [3.05, 3.63) is 53.8 Å². The molecule has 0 aliphatic rings. The van der Waals surface area contributed by atoms with Crippen molar-refractivity contribution in [1.29, 1.82) is 0 Å². The van der Waals surface area contributed by atoms with Crippen LogP contribution in [0.25, 0.3) is 11.1 Å². The molecule has 0 aromatic heterocycles. The van der Waals surface area contributed by atoms with E-state index in [2.05, 4.69) is 19.1 Å². The molecular formula is C18H22FNO. The monoisotopic (exact) mass is 287 g/mol. The molecule has 0 spiro atoms. The third-order valence-corrected chi connectivity index (χ3v) is 3.67. The Labute approximate surface area is 125 Å². The van der Waals surface area contributed by atoms with Gasteiger partial charge in [0.1, 0.15) is 11.6 Å². The molecule has 0 heterocycles. The number of nitrogens with two attached hydrogens (primary N) is 1. The lowest BCUT2D eigenvalue weighted by Crippen LogP contribution is -2.07. The van der Waals surface area contributed by atoms with E-state index in [-0.39, 0.29) is 5.82 Å². The van der Waals surface area contributed by atoms with E-state index in [1.807, 2.05) is 12.1 Å². The van der Waals surface area contributed by atoms with Crippen LogP contribution in [0.4, 0.5) is 4.39 Å². The minimum atomic E-state index is -0.258. The number of hydrogen-bond donors (Lipinski definition) is 1. The zero-order valence-corrected chi connectivity index (χ0v) is 12.6. The van der Waals surface area contributed by atoms with Crippen LogP contribution < -0.4 is 10.5 Å². The molecule has 0 saturated heterocycles. The summed E-state index contributed by atoms with van der Waals surface area (Å²) in [6.45, 7) is 2.93. The van der Waals surface area contributed by atoms with Crippen molar-refractivity contribution in [1.82, 2.24) is 0 Å². The van der Waals surface area contributed by atoms with E-state index in [9.17, 15) is 4.39 Å². The lowest BCUT2D eigenvalue weighted by atomic mass is 9.96. The Balaban J connectivity index is 2.21. The molecule has 1 unspecified atom stereocenters. The maximum Gasteiger partial charge on any atom is 0.126 e. The quantitative estimate of drug-likeness (QED) is 0.870. The predicted octanol–water partition coefficient (Wildman–Crippen LogP) is 4.03. The highest BCUT2D eigenvalue weighted by Gasteiger charge is 2.08. The molecular weight excluding hydrogens is 265 g/mol. The van der Waals surface area contributed by atoms with Gasteiger partial charge in [-0.3, -0.25) is 0 Å². The molecule has 3 heteroatoms. The Bertz CT molecular complexity index is 580. The van der Waals surface area contributed by atoms with Gasteiger partial charge in [-0.1, -0.05) is 31.2 Å². The molecule has 0 bridgehead atoms. The fourth-order valence-corrected chi connectivity index (χ4v) is 2.52. The van der Waals surface area contributed by atoms with Gasteiger partial charge >= 0.3 is 0 Å². The molecule has 2 rings (SSSR count). The number of rotatable bonds is 6. The summed E-state index contributed by atoms with van der Waals surface area (Å²) in [6, 6.07) is 12.8. The molecule has 21 heavy (non-hydrogen) atoms. The van der Waals surface area contributed by atoms with Gasteiger partial charge in [-0.05, 0) is 54.6 Å². The van der Waals surface area contributed by atoms with E-state index >= 15 is 0 Å². The topological polar surface area (TPSA) is 35.2 Å². The standard InChI is InChI=1S/C18H22FNO/c1-13(9-10-20)11-14-3-5-15(6-4-14)17-12-16(19)7-8-18(17)21-2/h3-8,12-13H,9-11,20H2,1-2H3. The summed E-state index contributed by atoms with van der Waals surface area (Å²) in [6.07, 6.45) is 2.04. The van der Waals surface area contributed by atoms with Crippen molar-refractivity contribution in [2.24, 2.45) is 11.7 Å². The molecule has 0 aliphatic heterocycles. The Hall–Kier alpha value is -1.87. The summed E-state index contributed by atoms with van der Waals surface area (Å²) in [5.41, 5.74) is 8.59. The Morgan fingerprint density at radius 2 is 1.86 bits per heavy atom. The molecule has 0 saturated carbocycles. The number of halogens is 1. The van der Waals surface area contributed by atoms with E-state index in [1.54, 1.807) is 13.2 Å². The van der Waals surface area contributed by atoms with Crippen LogP contribution in [0, 0.1) is 11.7 Å². The zero-order chi connectivity index (χ0) is 15.2. The highest BCUT2D eigenvalue weighted by atomic mass is 19.1. The third-order valence-electron chi connectivity index (χ3n) is 3.67. The molecule has 2 nitrogen and oxygen atoms in total. The minimum Gasteiger partial charge on any atom is -0.496 e. The summed E-state index contributed by atoms with van der Waals surface area (Å²) in [7, 11) is 1.60. The number of ether oxygens (including phenoxy) is 1. The second-order valence-corrected chi connectivity index (χ2v) is 5.43. The van der Waals surface area contributed by atoms with Crippen LogP contribution in [-0.2, 0) is 6.42 Å². The van der Waals surface area contributed by atoms with Crippen LogP contribution >= 0.6 is 0 Å². The molecule has 112 valence electrons. The van der Waals surface area contributed by atoms with Gasteiger partial charge in [-0.25, -0.2) is 4.39 Å². The SMILES string of the molecule is COc1ccc(F)cc1-c1ccc(CC(C)CCN)cc1. The van der Waals surface area contributed by atoms with Crippen molar-refractivity contribution >= 4 is 0 Å². The first kappa shape index (κ1) is 15.5. The van der Waals surface area contributed by atoms with Gasteiger partial charge in [0.05, 0.1) is 7.11 Å². The first-order chi connectivity index (χ1) is 10.1. The smallest absolute Gasteiger partial charge is 0.126 e. The van der Waals surface area contributed by atoms with Gasteiger partial charge in [-0.15, -0.1) is 0 Å². The van der Waals surface area contributed by atoms with Crippen molar-refractivity contribution in [2.75, 3.05) is 13.7 Å². The molecule has 0 aliphatic carbocycles. The molecule has 0 amide bonds. The van der Waals surface area contributed by atoms with Crippen molar-refractivity contribution in [3.8, 4) is 16.9 Å². The van der Waals surface area contributed by atoms with Crippen molar-refractivity contribution in [2.45, 2.75) is 19.8 Å². The largest absolute Gasteiger partial charge is 0.496 e. The molecule has 2 aromatic rings. The van der Waals surface area contributed by atoms with E-state index in [4.69, 9.17) is 10.5 Å². The Kier molecular flexibility index (Phi) is 5.34. The van der Waals surface area contributed by atoms with Gasteiger partial charge in [-0.2, -0.15) is 0 Å². The van der Waals surface area contributed by atoms with Crippen molar-refractivity contribution in [3.63, 3.8) is 0 Å². The normalized spacial score (nSPS) is 12.2. The molecule has 2 N–H and O–H groups in total. The lowest BCUT2D eigenvalue weighted by molar-refractivity contribution is 0.415. The van der Waals surface area contributed by atoms with Gasteiger partial charge in [0.15, 0.2) is 0 Å². The van der Waals surface area contributed by atoms with Crippen LogP contribution in [0.2, 0.25) is 0 Å². The first-order valence-electron chi connectivity index (χ1n) is 7.27. The van der Waals surface area contributed by atoms with Crippen LogP contribution in [-0.4, -0.2) is 13.7 Å². The first-order valence-corrected chi connectivity index (χ1v) is 7.27. The van der Waals surface area contributed by atoms with E-state index in [0.717, 1.165) is 30.5 Å². The number of benzene rings is 2. The highest BCUT2D eigenvalue weighted by Crippen LogP contribution is 2.31. The highest BCUT2D eigenvalue weighted by molar-refractivity contribution is 5.70. The lowest BCUT2D eigenvalue weighted by Gasteiger charge is -2.12. The summed E-state index contributed by atoms with van der Waals surface area (Å²) in [4.78, 5) is 0. The molecule has 1 atom stereocenters.